The summed E-state index contributed by atoms with van der Waals surface area (Å²) in [5, 5.41) is 0. The van der Waals surface area contributed by atoms with E-state index in [0.29, 0.717) is 35.5 Å². The molecule has 24 heavy (non-hydrogen) atoms. The number of hydrogen-bond donors (Lipinski definition) is 0. The van der Waals surface area contributed by atoms with Crippen LogP contribution in [0.2, 0.25) is 0 Å². The third-order valence-corrected chi connectivity index (χ3v) is 5.10. The van der Waals surface area contributed by atoms with Gasteiger partial charge in [0.1, 0.15) is 0 Å². The summed E-state index contributed by atoms with van der Waals surface area (Å²) >= 11 is 0. The molecule has 0 saturated carbocycles. The normalized spacial score (nSPS) is 20.3. The Morgan fingerprint density at radius 3 is 2.50 bits per heavy atom. The van der Waals surface area contributed by atoms with Gasteiger partial charge in [0.05, 0.1) is 23.6 Å². The van der Waals surface area contributed by atoms with Crippen LogP contribution < -0.4 is 0 Å². The summed E-state index contributed by atoms with van der Waals surface area (Å²) in [7, 11) is 0. The van der Waals surface area contributed by atoms with Crippen molar-refractivity contribution in [2.45, 2.75) is 60.3 Å². The number of carbonyl (C=O) groups is 2. The Bertz CT molecular complexity index is 718. The lowest BCUT2D eigenvalue weighted by Gasteiger charge is -2.36. The number of aryl methyl sites for hydroxylation is 1. The first-order valence-corrected chi connectivity index (χ1v) is 8.62. The first kappa shape index (κ1) is 18.4. The smallest absolute Gasteiger partial charge is 0.340 e. The monoisotopic (exact) mass is 329 g/mol. The molecular formula is C20H27NO3. The van der Waals surface area contributed by atoms with Gasteiger partial charge in [-0.3, -0.25) is 9.78 Å². The number of carbonyl (C=O) groups excluding carboxylic acids is 2. The maximum atomic E-state index is 12.9. The number of esters is 1. The Morgan fingerprint density at radius 1 is 1.38 bits per heavy atom. The summed E-state index contributed by atoms with van der Waals surface area (Å²) in [6.07, 6.45) is 1.23. The summed E-state index contributed by atoms with van der Waals surface area (Å²) in [5.74, 6) is -0.345. The van der Waals surface area contributed by atoms with Crippen molar-refractivity contribution >= 4 is 17.3 Å². The number of ether oxygens (including phenoxy) is 1. The van der Waals surface area contributed by atoms with Gasteiger partial charge >= 0.3 is 5.97 Å². The van der Waals surface area contributed by atoms with Crippen LogP contribution in [0.1, 0.15) is 91.0 Å². The van der Waals surface area contributed by atoms with Gasteiger partial charge < -0.3 is 4.74 Å². The fourth-order valence-corrected chi connectivity index (χ4v) is 3.44. The number of pyridine rings is 1. The Morgan fingerprint density at radius 2 is 2.00 bits per heavy atom. The molecule has 0 aliphatic heterocycles. The van der Waals surface area contributed by atoms with E-state index in [-0.39, 0.29) is 17.1 Å². The molecule has 1 aromatic rings. The van der Waals surface area contributed by atoms with Crippen molar-refractivity contribution in [2.24, 2.45) is 5.41 Å². The van der Waals surface area contributed by atoms with E-state index >= 15 is 0 Å². The molecule has 0 N–H and O–H groups in total. The van der Waals surface area contributed by atoms with E-state index in [0.717, 1.165) is 17.6 Å². The molecule has 4 heteroatoms. The highest BCUT2D eigenvalue weighted by Crippen LogP contribution is 2.47. The molecule has 0 spiro atoms. The molecule has 1 aromatic heterocycles. The zero-order chi connectivity index (χ0) is 18.2. The van der Waals surface area contributed by atoms with Gasteiger partial charge in [0.15, 0.2) is 5.78 Å². The molecule has 0 saturated heterocycles. The van der Waals surface area contributed by atoms with Crippen LogP contribution in [0.5, 0.6) is 0 Å². The quantitative estimate of drug-likeness (QED) is 0.751. The van der Waals surface area contributed by atoms with Crippen LogP contribution in [0.3, 0.4) is 0 Å². The van der Waals surface area contributed by atoms with Crippen LogP contribution >= 0.6 is 0 Å². The van der Waals surface area contributed by atoms with Crippen LogP contribution in [-0.2, 0) is 4.74 Å². The van der Waals surface area contributed by atoms with Crippen molar-refractivity contribution in [2.75, 3.05) is 6.61 Å². The summed E-state index contributed by atoms with van der Waals surface area (Å²) in [6, 6.07) is 0. The zero-order valence-electron chi connectivity index (χ0n) is 15.6. The van der Waals surface area contributed by atoms with E-state index in [1.54, 1.807) is 13.8 Å². The fraction of sp³-hybridized carbons (Fsp3) is 0.550. The highest BCUT2D eigenvalue weighted by molar-refractivity contribution is 6.08. The molecule has 2 rings (SSSR count). The second-order valence-electron chi connectivity index (χ2n) is 7.08. The number of aromatic nitrogens is 1. The second-order valence-corrected chi connectivity index (χ2v) is 7.08. The van der Waals surface area contributed by atoms with Gasteiger partial charge in [0.25, 0.3) is 0 Å². The maximum Gasteiger partial charge on any atom is 0.340 e. The van der Waals surface area contributed by atoms with Crippen LogP contribution in [0.4, 0.5) is 0 Å². The molecule has 1 heterocycles. The minimum atomic E-state index is -0.406. The van der Waals surface area contributed by atoms with E-state index in [2.05, 4.69) is 25.4 Å². The van der Waals surface area contributed by atoms with Gasteiger partial charge in [-0.2, -0.15) is 0 Å². The van der Waals surface area contributed by atoms with Gasteiger partial charge in [-0.25, -0.2) is 4.79 Å². The molecule has 130 valence electrons. The Labute approximate surface area is 144 Å². The molecule has 0 aromatic carbocycles. The summed E-state index contributed by atoms with van der Waals surface area (Å²) in [5.41, 5.74) is 3.63. The van der Waals surface area contributed by atoms with Crippen molar-refractivity contribution in [3.05, 3.63) is 34.7 Å². The van der Waals surface area contributed by atoms with E-state index < -0.39 is 5.97 Å². The van der Waals surface area contributed by atoms with Crippen molar-refractivity contribution < 1.29 is 14.3 Å². The minimum Gasteiger partial charge on any atom is -0.462 e. The van der Waals surface area contributed by atoms with E-state index in [4.69, 9.17) is 4.74 Å². The second kappa shape index (κ2) is 6.50. The largest absolute Gasteiger partial charge is 0.462 e. The molecule has 0 fully saturated rings. The van der Waals surface area contributed by atoms with E-state index in [1.807, 2.05) is 13.8 Å². The molecule has 1 atom stereocenters. The topological polar surface area (TPSA) is 56.3 Å². The predicted molar refractivity (Wildman–Crippen MR) is 95.4 cm³/mol. The molecule has 1 aliphatic carbocycles. The van der Waals surface area contributed by atoms with Crippen molar-refractivity contribution in [1.82, 2.24) is 4.98 Å². The number of hydrogen-bond acceptors (Lipinski definition) is 4. The Hall–Kier alpha value is -1.97. The van der Waals surface area contributed by atoms with Crippen molar-refractivity contribution in [1.29, 1.82) is 0 Å². The van der Waals surface area contributed by atoms with E-state index in [1.165, 1.54) is 0 Å². The predicted octanol–water partition coefficient (Wildman–Crippen LogP) is 4.71. The average Bonchev–Trinajstić information content (AvgIpc) is 2.51. The molecule has 1 unspecified atom stereocenters. The zero-order valence-corrected chi connectivity index (χ0v) is 15.6. The number of rotatable bonds is 4. The molecule has 1 aliphatic rings. The highest BCUT2D eigenvalue weighted by Gasteiger charge is 2.41. The SMILES string of the molecule is C=C1c2nc(C)c(C(=O)OCC)c(C(C)C)c2C(=O)CC1(C)CC. The lowest BCUT2D eigenvalue weighted by atomic mass is 9.67. The maximum absolute atomic E-state index is 12.9. The van der Waals surface area contributed by atoms with Crippen LogP contribution in [-0.4, -0.2) is 23.3 Å². The molecular weight excluding hydrogens is 302 g/mol. The van der Waals surface area contributed by atoms with Gasteiger partial charge in [-0.1, -0.05) is 34.3 Å². The van der Waals surface area contributed by atoms with Crippen LogP contribution in [0, 0.1) is 12.3 Å². The highest BCUT2D eigenvalue weighted by atomic mass is 16.5. The van der Waals surface area contributed by atoms with Gasteiger partial charge in [0, 0.05) is 17.4 Å². The van der Waals surface area contributed by atoms with Gasteiger partial charge in [-0.05, 0) is 37.3 Å². The first-order valence-electron chi connectivity index (χ1n) is 8.62. The van der Waals surface area contributed by atoms with Crippen molar-refractivity contribution in [3.8, 4) is 0 Å². The van der Waals surface area contributed by atoms with Gasteiger partial charge in [-0.15, -0.1) is 0 Å². The molecule has 4 nitrogen and oxygen atoms in total. The molecule has 0 radical (unpaired) electrons. The Balaban J connectivity index is 2.81. The number of nitrogens with zero attached hydrogens (tertiary/aromatic N) is 1. The number of allylic oxidation sites excluding steroid dienone is 1. The van der Waals surface area contributed by atoms with Crippen molar-refractivity contribution in [3.63, 3.8) is 0 Å². The fourth-order valence-electron chi connectivity index (χ4n) is 3.44. The van der Waals surface area contributed by atoms with Gasteiger partial charge in [0.2, 0.25) is 0 Å². The molecule has 0 bridgehead atoms. The number of Topliss-reactive ketones (excluding diaryl/α,β-unsaturated/α-hetero) is 1. The number of ketones is 1. The summed E-state index contributed by atoms with van der Waals surface area (Å²) in [4.78, 5) is 30.0. The lowest BCUT2D eigenvalue weighted by Crippen LogP contribution is -2.31. The third kappa shape index (κ3) is 2.79. The number of fused-ring (bicyclic) bond motifs is 1. The minimum absolute atomic E-state index is 0.0163. The third-order valence-electron chi connectivity index (χ3n) is 5.10. The standard InChI is InChI=1S/C20H27NO3/c1-8-20(7)10-14(22)17-15(11(3)4)16(19(23)24-9-2)13(6)21-18(17)12(20)5/h11H,5,8-10H2,1-4,6-7H3. The molecule has 0 amide bonds. The average molecular weight is 329 g/mol. The first-order chi connectivity index (χ1) is 11.2. The van der Waals surface area contributed by atoms with Crippen LogP contribution in [0.15, 0.2) is 6.58 Å². The summed E-state index contributed by atoms with van der Waals surface area (Å²) in [6.45, 7) is 16.2. The summed E-state index contributed by atoms with van der Waals surface area (Å²) < 4.78 is 5.20. The van der Waals surface area contributed by atoms with Crippen LogP contribution in [0.25, 0.3) is 5.57 Å². The lowest BCUT2D eigenvalue weighted by molar-refractivity contribution is 0.0523. The van der Waals surface area contributed by atoms with E-state index in [9.17, 15) is 9.59 Å². The Kier molecular flexibility index (Phi) is 4.97.